The molecule has 8 heteroatoms. The SMILES string of the molecule is Cc1cnc(CNS(=O)(=O)c2c(C)oc(C)c2CO)o1. The predicted molar refractivity (Wildman–Crippen MR) is 69.4 cm³/mol. The first-order chi connectivity index (χ1) is 9.35. The van der Waals surface area contributed by atoms with E-state index in [1.807, 2.05) is 0 Å². The first-order valence-electron chi connectivity index (χ1n) is 5.96. The van der Waals surface area contributed by atoms with Gasteiger partial charge in [-0.15, -0.1) is 0 Å². The fourth-order valence-electron chi connectivity index (χ4n) is 1.96. The van der Waals surface area contributed by atoms with Crippen LogP contribution >= 0.6 is 0 Å². The van der Waals surface area contributed by atoms with E-state index in [1.165, 1.54) is 13.1 Å². The Bertz CT molecular complexity index is 714. The number of furan rings is 1. The van der Waals surface area contributed by atoms with E-state index in [0.717, 1.165) is 0 Å². The molecule has 0 amide bonds. The molecule has 0 saturated carbocycles. The molecule has 0 bridgehead atoms. The van der Waals surface area contributed by atoms with Crippen LogP contribution < -0.4 is 4.72 Å². The monoisotopic (exact) mass is 300 g/mol. The fraction of sp³-hybridized carbons (Fsp3) is 0.417. The molecule has 2 aromatic rings. The number of hydrogen-bond acceptors (Lipinski definition) is 6. The van der Waals surface area contributed by atoms with E-state index in [2.05, 4.69) is 9.71 Å². The van der Waals surface area contributed by atoms with Gasteiger partial charge in [0.1, 0.15) is 22.2 Å². The summed E-state index contributed by atoms with van der Waals surface area (Å²) in [6.45, 7) is 4.39. The Morgan fingerprint density at radius 3 is 2.50 bits per heavy atom. The molecule has 2 rings (SSSR count). The number of sulfonamides is 1. The first kappa shape index (κ1) is 14.8. The summed E-state index contributed by atoms with van der Waals surface area (Å²) in [5.41, 5.74) is 0.263. The molecule has 110 valence electrons. The van der Waals surface area contributed by atoms with Gasteiger partial charge in [0.25, 0.3) is 0 Å². The van der Waals surface area contributed by atoms with Crippen molar-refractivity contribution in [3.05, 3.63) is 34.9 Å². The molecule has 7 nitrogen and oxygen atoms in total. The number of aliphatic hydroxyl groups is 1. The summed E-state index contributed by atoms with van der Waals surface area (Å²) in [5, 5.41) is 9.28. The Labute approximate surface area is 116 Å². The van der Waals surface area contributed by atoms with Crippen molar-refractivity contribution in [1.82, 2.24) is 9.71 Å². The fourth-order valence-corrected chi connectivity index (χ4v) is 3.37. The molecule has 0 aliphatic carbocycles. The maximum Gasteiger partial charge on any atom is 0.244 e. The van der Waals surface area contributed by atoms with Crippen molar-refractivity contribution in [2.45, 2.75) is 38.8 Å². The quantitative estimate of drug-likeness (QED) is 0.858. The highest BCUT2D eigenvalue weighted by atomic mass is 32.2. The maximum atomic E-state index is 12.3. The van der Waals surface area contributed by atoms with E-state index >= 15 is 0 Å². The number of aryl methyl sites for hydroxylation is 3. The van der Waals surface area contributed by atoms with Crippen molar-refractivity contribution >= 4 is 10.0 Å². The van der Waals surface area contributed by atoms with E-state index in [4.69, 9.17) is 8.83 Å². The van der Waals surface area contributed by atoms with Gasteiger partial charge in [-0.1, -0.05) is 0 Å². The predicted octanol–water partition coefficient (Wildman–Crippen LogP) is 1.16. The summed E-state index contributed by atoms with van der Waals surface area (Å²) in [7, 11) is -3.81. The average Bonchev–Trinajstić information content (AvgIpc) is 2.90. The summed E-state index contributed by atoms with van der Waals surface area (Å²) >= 11 is 0. The van der Waals surface area contributed by atoms with Gasteiger partial charge in [-0.3, -0.25) is 0 Å². The van der Waals surface area contributed by atoms with Crippen LogP contribution in [0, 0.1) is 20.8 Å². The third-order valence-electron chi connectivity index (χ3n) is 2.83. The number of aromatic nitrogens is 1. The minimum Gasteiger partial charge on any atom is -0.465 e. The van der Waals surface area contributed by atoms with Gasteiger partial charge in [0.05, 0.1) is 19.3 Å². The summed E-state index contributed by atoms with van der Waals surface area (Å²) in [5.74, 6) is 1.50. The standard InChI is InChI=1S/C12H16N2O5S/c1-7-4-13-11(18-7)5-14-20(16,17)12-9(3)19-8(2)10(12)6-15/h4,14-15H,5-6H2,1-3H3. The molecule has 0 atom stereocenters. The Morgan fingerprint density at radius 1 is 1.25 bits per heavy atom. The molecule has 0 fully saturated rings. The Kier molecular flexibility index (Phi) is 3.98. The molecule has 0 unspecified atom stereocenters. The van der Waals surface area contributed by atoms with Crippen LogP contribution in [-0.2, 0) is 23.2 Å². The van der Waals surface area contributed by atoms with Gasteiger partial charge in [0.2, 0.25) is 15.9 Å². The zero-order valence-corrected chi connectivity index (χ0v) is 12.2. The number of rotatable bonds is 5. The third kappa shape index (κ3) is 2.77. The highest BCUT2D eigenvalue weighted by Gasteiger charge is 2.26. The number of nitrogens with one attached hydrogen (secondary N) is 1. The van der Waals surface area contributed by atoms with E-state index < -0.39 is 16.6 Å². The summed E-state index contributed by atoms with van der Waals surface area (Å²) in [4.78, 5) is 3.89. The second-order valence-electron chi connectivity index (χ2n) is 4.37. The molecule has 2 N–H and O–H groups in total. The molecule has 0 radical (unpaired) electrons. The number of nitrogens with zero attached hydrogens (tertiary/aromatic N) is 1. The van der Waals surface area contributed by atoms with E-state index in [9.17, 15) is 13.5 Å². The van der Waals surface area contributed by atoms with Crippen LogP contribution in [0.15, 0.2) is 19.9 Å². The minimum atomic E-state index is -3.81. The lowest BCUT2D eigenvalue weighted by Gasteiger charge is -2.05. The zero-order chi connectivity index (χ0) is 14.9. The van der Waals surface area contributed by atoms with Gasteiger partial charge in [-0.2, -0.15) is 0 Å². The lowest BCUT2D eigenvalue weighted by molar-refractivity contribution is 0.276. The highest BCUT2D eigenvalue weighted by molar-refractivity contribution is 7.89. The molecule has 0 saturated heterocycles. The van der Waals surface area contributed by atoms with Gasteiger partial charge in [-0.05, 0) is 20.8 Å². The molecule has 0 aliphatic rings. The molecular weight excluding hydrogens is 284 g/mol. The van der Waals surface area contributed by atoms with Crippen LogP contribution in [0.25, 0.3) is 0 Å². The van der Waals surface area contributed by atoms with Crippen molar-refractivity contribution in [1.29, 1.82) is 0 Å². The summed E-state index contributed by atoms with van der Waals surface area (Å²) in [6, 6.07) is 0. The normalized spacial score (nSPS) is 12.0. The van der Waals surface area contributed by atoms with Crippen LogP contribution in [0.3, 0.4) is 0 Å². The maximum absolute atomic E-state index is 12.3. The molecule has 0 spiro atoms. The first-order valence-corrected chi connectivity index (χ1v) is 7.44. The Balaban J connectivity index is 2.27. The van der Waals surface area contributed by atoms with Crippen molar-refractivity contribution < 1.29 is 22.4 Å². The molecule has 2 heterocycles. The lowest BCUT2D eigenvalue weighted by atomic mass is 10.2. The van der Waals surface area contributed by atoms with Crippen molar-refractivity contribution in [2.75, 3.05) is 0 Å². The van der Waals surface area contributed by atoms with Crippen LogP contribution in [0.5, 0.6) is 0 Å². The van der Waals surface area contributed by atoms with Crippen molar-refractivity contribution in [2.24, 2.45) is 0 Å². The van der Waals surface area contributed by atoms with Crippen molar-refractivity contribution in [3.63, 3.8) is 0 Å². The van der Waals surface area contributed by atoms with Gasteiger partial charge in [-0.25, -0.2) is 18.1 Å². The number of hydrogen-bond donors (Lipinski definition) is 2. The highest BCUT2D eigenvalue weighted by Crippen LogP contribution is 2.26. The zero-order valence-electron chi connectivity index (χ0n) is 11.4. The van der Waals surface area contributed by atoms with Crippen LogP contribution in [-0.4, -0.2) is 18.5 Å². The number of aliphatic hydroxyl groups excluding tert-OH is 1. The van der Waals surface area contributed by atoms with Crippen molar-refractivity contribution in [3.8, 4) is 0 Å². The average molecular weight is 300 g/mol. The van der Waals surface area contributed by atoms with Crippen LogP contribution in [0.1, 0.15) is 28.7 Å². The summed E-state index contributed by atoms with van der Waals surface area (Å²) in [6.07, 6.45) is 1.51. The van der Waals surface area contributed by atoms with Gasteiger partial charge in [0.15, 0.2) is 0 Å². The van der Waals surface area contributed by atoms with Gasteiger partial charge in [0, 0.05) is 5.56 Å². The molecule has 0 aromatic carbocycles. The summed E-state index contributed by atoms with van der Waals surface area (Å²) < 4.78 is 37.4. The topological polar surface area (TPSA) is 106 Å². The molecule has 0 aliphatic heterocycles. The Hall–Kier alpha value is -1.64. The van der Waals surface area contributed by atoms with Crippen LogP contribution in [0.2, 0.25) is 0 Å². The second kappa shape index (κ2) is 5.39. The third-order valence-corrected chi connectivity index (χ3v) is 4.43. The van der Waals surface area contributed by atoms with Gasteiger partial charge < -0.3 is 13.9 Å². The van der Waals surface area contributed by atoms with E-state index in [-0.39, 0.29) is 28.7 Å². The largest absolute Gasteiger partial charge is 0.465 e. The second-order valence-corrected chi connectivity index (χ2v) is 6.07. The smallest absolute Gasteiger partial charge is 0.244 e. The van der Waals surface area contributed by atoms with E-state index in [0.29, 0.717) is 11.5 Å². The minimum absolute atomic E-state index is 0.0271. The van der Waals surface area contributed by atoms with Crippen LogP contribution in [0.4, 0.5) is 0 Å². The number of oxazole rings is 1. The molecule has 20 heavy (non-hydrogen) atoms. The van der Waals surface area contributed by atoms with E-state index in [1.54, 1.807) is 13.8 Å². The lowest BCUT2D eigenvalue weighted by Crippen LogP contribution is -2.24. The Morgan fingerprint density at radius 2 is 1.95 bits per heavy atom. The van der Waals surface area contributed by atoms with Gasteiger partial charge >= 0.3 is 0 Å². The molecular formula is C12H16N2O5S. The molecule has 2 aromatic heterocycles.